The van der Waals surface area contributed by atoms with Crippen molar-refractivity contribution in [2.24, 2.45) is 5.92 Å². The molecule has 17 heavy (non-hydrogen) atoms. The fraction of sp³-hybridized carbons (Fsp3) is 0.462. The van der Waals surface area contributed by atoms with Crippen molar-refractivity contribution in [3.05, 3.63) is 29.6 Å². The quantitative estimate of drug-likeness (QED) is 0.830. The van der Waals surface area contributed by atoms with Gasteiger partial charge in [-0.15, -0.1) is 0 Å². The molecule has 2 rings (SSSR count). The summed E-state index contributed by atoms with van der Waals surface area (Å²) >= 11 is 0. The highest BCUT2D eigenvalue weighted by molar-refractivity contribution is 5.97. The minimum absolute atomic E-state index is 0.0940. The summed E-state index contributed by atoms with van der Waals surface area (Å²) in [7, 11) is 0. The van der Waals surface area contributed by atoms with Crippen molar-refractivity contribution in [1.82, 2.24) is 5.32 Å². The summed E-state index contributed by atoms with van der Waals surface area (Å²) in [6.07, 6.45) is 2.91. The van der Waals surface area contributed by atoms with Crippen molar-refractivity contribution in [2.45, 2.75) is 32.2 Å². The average Bonchev–Trinajstić information content (AvgIpc) is 2.63. The fourth-order valence-electron chi connectivity index (χ4n) is 2.33. The lowest BCUT2D eigenvalue weighted by Crippen LogP contribution is -2.33. The SMILES string of the molecule is CC1CCC(NC(=O)c2c(O)cccc2F)C1. The average molecular weight is 237 g/mol. The monoisotopic (exact) mass is 237 g/mol. The molecule has 1 amide bonds. The minimum atomic E-state index is -0.687. The van der Waals surface area contributed by atoms with E-state index < -0.39 is 11.7 Å². The molecule has 2 N–H and O–H groups in total. The predicted molar refractivity (Wildman–Crippen MR) is 62.3 cm³/mol. The Labute approximate surface area is 99.7 Å². The van der Waals surface area contributed by atoms with Crippen LogP contribution in [0.25, 0.3) is 0 Å². The lowest BCUT2D eigenvalue weighted by atomic mass is 10.1. The Balaban J connectivity index is 2.10. The Morgan fingerprint density at radius 1 is 1.47 bits per heavy atom. The van der Waals surface area contributed by atoms with Crippen molar-refractivity contribution in [1.29, 1.82) is 0 Å². The van der Waals surface area contributed by atoms with Crippen LogP contribution in [0.15, 0.2) is 18.2 Å². The smallest absolute Gasteiger partial charge is 0.258 e. The van der Waals surface area contributed by atoms with E-state index in [2.05, 4.69) is 12.2 Å². The van der Waals surface area contributed by atoms with E-state index in [1.165, 1.54) is 18.2 Å². The first-order valence-corrected chi connectivity index (χ1v) is 5.86. The van der Waals surface area contributed by atoms with Gasteiger partial charge in [-0.3, -0.25) is 4.79 Å². The Morgan fingerprint density at radius 3 is 2.82 bits per heavy atom. The van der Waals surface area contributed by atoms with E-state index in [9.17, 15) is 14.3 Å². The normalized spacial score (nSPS) is 23.6. The van der Waals surface area contributed by atoms with Gasteiger partial charge in [-0.1, -0.05) is 13.0 Å². The molecule has 0 aromatic heterocycles. The first-order chi connectivity index (χ1) is 8.08. The summed E-state index contributed by atoms with van der Waals surface area (Å²) in [5.74, 6) is -0.934. The topological polar surface area (TPSA) is 49.3 Å². The number of carbonyl (C=O) groups is 1. The third kappa shape index (κ3) is 2.57. The van der Waals surface area contributed by atoms with Crippen molar-refractivity contribution >= 4 is 5.91 Å². The molecule has 0 heterocycles. The van der Waals surface area contributed by atoms with Crippen LogP contribution in [0, 0.1) is 11.7 Å². The Bertz CT molecular complexity index is 413. The highest BCUT2D eigenvalue weighted by Crippen LogP contribution is 2.26. The second-order valence-corrected chi connectivity index (χ2v) is 4.72. The molecule has 1 aliphatic rings. The molecule has 2 atom stereocenters. The zero-order valence-corrected chi connectivity index (χ0v) is 9.74. The van der Waals surface area contributed by atoms with Gasteiger partial charge in [0, 0.05) is 6.04 Å². The minimum Gasteiger partial charge on any atom is -0.507 e. The molecule has 0 aliphatic heterocycles. The Hall–Kier alpha value is -1.58. The number of aromatic hydroxyl groups is 1. The molecule has 1 saturated carbocycles. The maximum atomic E-state index is 13.4. The van der Waals surface area contributed by atoms with Crippen LogP contribution < -0.4 is 5.32 Å². The molecule has 1 fully saturated rings. The fourth-order valence-corrected chi connectivity index (χ4v) is 2.33. The lowest BCUT2D eigenvalue weighted by molar-refractivity contribution is 0.0930. The summed E-state index contributed by atoms with van der Waals surface area (Å²) < 4.78 is 13.4. The Kier molecular flexibility index (Phi) is 3.31. The van der Waals surface area contributed by atoms with Crippen molar-refractivity contribution in [3.8, 4) is 5.75 Å². The van der Waals surface area contributed by atoms with Gasteiger partial charge in [-0.25, -0.2) is 4.39 Å². The lowest BCUT2D eigenvalue weighted by Gasteiger charge is -2.13. The molecule has 1 aromatic carbocycles. The van der Waals surface area contributed by atoms with Crippen LogP contribution in [0.3, 0.4) is 0 Å². The Morgan fingerprint density at radius 2 is 2.24 bits per heavy atom. The number of carbonyl (C=O) groups excluding carboxylic acids is 1. The van der Waals surface area contributed by atoms with Crippen LogP contribution >= 0.6 is 0 Å². The molecule has 0 bridgehead atoms. The standard InChI is InChI=1S/C13H16FNO2/c1-8-5-6-9(7-8)15-13(17)12-10(14)3-2-4-11(12)16/h2-4,8-9,16H,5-7H2,1H3,(H,15,17). The largest absolute Gasteiger partial charge is 0.507 e. The zero-order valence-electron chi connectivity index (χ0n) is 9.74. The zero-order chi connectivity index (χ0) is 12.4. The third-order valence-corrected chi connectivity index (χ3v) is 3.25. The third-order valence-electron chi connectivity index (χ3n) is 3.25. The molecule has 1 aromatic rings. The number of halogens is 1. The molecule has 0 radical (unpaired) electrons. The van der Waals surface area contributed by atoms with Crippen LogP contribution in [-0.4, -0.2) is 17.1 Å². The van der Waals surface area contributed by atoms with Gasteiger partial charge >= 0.3 is 0 Å². The number of phenolic OH excluding ortho intramolecular Hbond substituents is 1. The van der Waals surface area contributed by atoms with Gasteiger partial charge in [0.05, 0.1) is 0 Å². The van der Waals surface area contributed by atoms with E-state index in [0.29, 0.717) is 5.92 Å². The van der Waals surface area contributed by atoms with Crippen molar-refractivity contribution < 1.29 is 14.3 Å². The molecule has 92 valence electrons. The second-order valence-electron chi connectivity index (χ2n) is 4.72. The summed E-state index contributed by atoms with van der Waals surface area (Å²) in [6, 6.07) is 3.96. The number of nitrogens with one attached hydrogen (secondary N) is 1. The number of rotatable bonds is 2. The highest BCUT2D eigenvalue weighted by Gasteiger charge is 2.25. The molecule has 3 nitrogen and oxygen atoms in total. The van der Waals surface area contributed by atoms with Crippen LogP contribution in [0.2, 0.25) is 0 Å². The maximum absolute atomic E-state index is 13.4. The van der Waals surface area contributed by atoms with E-state index in [0.717, 1.165) is 19.3 Å². The summed E-state index contributed by atoms with van der Waals surface area (Å²) in [5, 5.41) is 12.3. The van der Waals surface area contributed by atoms with E-state index in [1.807, 2.05) is 0 Å². The van der Waals surface area contributed by atoms with Gasteiger partial charge in [-0.2, -0.15) is 0 Å². The van der Waals surface area contributed by atoms with Gasteiger partial charge in [0.1, 0.15) is 17.1 Å². The van der Waals surface area contributed by atoms with Crippen LogP contribution in [0.4, 0.5) is 4.39 Å². The maximum Gasteiger partial charge on any atom is 0.258 e. The van der Waals surface area contributed by atoms with Gasteiger partial charge in [0.15, 0.2) is 0 Å². The van der Waals surface area contributed by atoms with Gasteiger partial charge in [-0.05, 0) is 37.3 Å². The predicted octanol–water partition coefficient (Wildman–Crippen LogP) is 2.45. The number of phenols is 1. The van der Waals surface area contributed by atoms with Crippen LogP contribution in [-0.2, 0) is 0 Å². The molecule has 4 heteroatoms. The summed E-state index contributed by atoms with van der Waals surface area (Å²) in [6.45, 7) is 2.13. The van der Waals surface area contributed by atoms with Gasteiger partial charge in [0.2, 0.25) is 0 Å². The van der Waals surface area contributed by atoms with Gasteiger partial charge in [0.25, 0.3) is 5.91 Å². The van der Waals surface area contributed by atoms with Crippen molar-refractivity contribution in [2.75, 3.05) is 0 Å². The molecule has 1 aliphatic carbocycles. The van der Waals surface area contributed by atoms with Crippen LogP contribution in [0.5, 0.6) is 5.75 Å². The van der Waals surface area contributed by atoms with Gasteiger partial charge < -0.3 is 10.4 Å². The molecule has 2 unspecified atom stereocenters. The van der Waals surface area contributed by atoms with E-state index in [1.54, 1.807) is 0 Å². The molecule has 0 saturated heterocycles. The highest BCUT2D eigenvalue weighted by atomic mass is 19.1. The van der Waals surface area contributed by atoms with E-state index >= 15 is 0 Å². The first-order valence-electron chi connectivity index (χ1n) is 5.86. The first kappa shape index (κ1) is 11.9. The molecular weight excluding hydrogens is 221 g/mol. The summed E-state index contributed by atoms with van der Waals surface area (Å²) in [5.41, 5.74) is -0.257. The number of hydrogen-bond acceptors (Lipinski definition) is 2. The van der Waals surface area contributed by atoms with E-state index in [-0.39, 0.29) is 17.4 Å². The second kappa shape index (κ2) is 4.73. The van der Waals surface area contributed by atoms with Crippen LogP contribution in [0.1, 0.15) is 36.5 Å². The van der Waals surface area contributed by atoms with Crippen molar-refractivity contribution in [3.63, 3.8) is 0 Å². The summed E-state index contributed by atoms with van der Waals surface area (Å²) in [4.78, 5) is 11.8. The number of hydrogen-bond donors (Lipinski definition) is 2. The number of benzene rings is 1. The number of amides is 1. The van der Waals surface area contributed by atoms with E-state index in [4.69, 9.17) is 0 Å². The molecular formula is C13H16FNO2. The molecule has 0 spiro atoms.